The molecule has 1 aliphatic rings. The maximum absolute atomic E-state index is 11.8. The summed E-state index contributed by atoms with van der Waals surface area (Å²) in [6, 6.07) is -1.83. The molecule has 0 bridgehead atoms. The quantitative estimate of drug-likeness (QED) is 0.589. The molecule has 18 heavy (non-hydrogen) atoms. The number of fused-ring (bicyclic) bond motifs is 1. The minimum absolute atomic E-state index is 0.267. The fourth-order valence-electron chi connectivity index (χ4n) is 1.67. The minimum atomic E-state index is -1.29. The molecule has 0 saturated carbocycles. The summed E-state index contributed by atoms with van der Waals surface area (Å²) in [6.07, 6.45) is 1.58. The summed E-state index contributed by atoms with van der Waals surface area (Å²) in [5.41, 5.74) is 0. The van der Waals surface area contributed by atoms with Crippen LogP contribution in [0.2, 0.25) is 0 Å². The number of rotatable bonds is 3. The summed E-state index contributed by atoms with van der Waals surface area (Å²) in [5, 5.41) is 27.4. The van der Waals surface area contributed by atoms with Gasteiger partial charge in [-0.05, 0) is 0 Å². The molecule has 1 aromatic heterocycles. The zero-order valence-electron chi connectivity index (χ0n) is 9.48. The Kier molecular flexibility index (Phi) is 3.42. The Morgan fingerprint density at radius 2 is 2.28 bits per heavy atom. The number of carboxylic acids is 1. The number of aliphatic carboxylic acids is 1. The number of nitrogens with zero attached hydrogens (tertiary/aromatic N) is 4. The van der Waals surface area contributed by atoms with Gasteiger partial charge < -0.3 is 25.0 Å². The van der Waals surface area contributed by atoms with Crippen LogP contribution < -0.4 is 5.32 Å². The highest BCUT2D eigenvalue weighted by Gasteiger charge is 2.25. The van der Waals surface area contributed by atoms with Gasteiger partial charge in [0.15, 0.2) is 11.9 Å². The van der Waals surface area contributed by atoms with Crippen LogP contribution in [-0.2, 0) is 17.9 Å². The highest BCUT2D eigenvalue weighted by atomic mass is 16.4. The van der Waals surface area contributed by atoms with Gasteiger partial charge in [-0.1, -0.05) is 0 Å². The molecule has 1 atom stereocenters. The van der Waals surface area contributed by atoms with E-state index in [-0.39, 0.29) is 6.54 Å². The Balaban J connectivity index is 1.97. The molecule has 1 aromatic rings. The lowest BCUT2D eigenvalue weighted by atomic mass is 10.3. The van der Waals surface area contributed by atoms with Crippen LogP contribution in [0, 0.1) is 0 Å². The van der Waals surface area contributed by atoms with Crippen molar-refractivity contribution in [3.63, 3.8) is 0 Å². The zero-order valence-corrected chi connectivity index (χ0v) is 9.48. The first-order valence-electron chi connectivity index (χ1n) is 5.37. The Bertz CT molecular complexity index is 460. The maximum Gasteiger partial charge on any atom is 0.328 e. The van der Waals surface area contributed by atoms with E-state index in [0.29, 0.717) is 18.9 Å². The number of aliphatic hydroxyl groups is 1. The van der Waals surface area contributed by atoms with Crippen LogP contribution in [0.15, 0.2) is 6.33 Å². The lowest BCUT2D eigenvalue weighted by molar-refractivity contribution is -0.140. The minimum Gasteiger partial charge on any atom is -0.480 e. The van der Waals surface area contributed by atoms with E-state index in [1.54, 1.807) is 6.33 Å². The van der Waals surface area contributed by atoms with Crippen molar-refractivity contribution in [2.24, 2.45) is 0 Å². The molecule has 0 radical (unpaired) electrons. The molecule has 0 saturated heterocycles. The van der Waals surface area contributed by atoms with E-state index < -0.39 is 24.6 Å². The van der Waals surface area contributed by atoms with Crippen molar-refractivity contribution >= 4 is 12.0 Å². The fourth-order valence-corrected chi connectivity index (χ4v) is 1.67. The standard InChI is InChI=1S/C9H13N5O4/c15-4-6(8(16)17)11-9(18)13-1-2-14-5-10-12-7(14)3-13/h5-6,15H,1-4H2,(H,11,18)(H,16,17)/t6-/m0/s1. The van der Waals surface area contributed by atoms with E-state index in [1.807, 2.05) is 4.57 Å². The second-order valence-corrected chi connectivity index (χ2v) is 3.89. The number of hydrogen-bond acceptors (Lipinski definition) is 5. The lowest BCUT2D eigenvalue weighted by Crippen LogP contribution is -2.51. The molecule has 0 fully saturated rings. The highest BCUT2D eigenvalue weighted by Crippen LogP contribution is 2.08. The molecule has 0 spiro atoms. The van der Waals surface area contributed by atoms with Crippen LogP contribution in [-0.4, -0.2) is 61.1 Å². The van der Waals surface area contributed by atoms with Crippen molar-refractivity contribution in [1.29, 1.82) is 0 Å². The van der Waals surface area contributed by atoms with Crippen molar-refractivity contribution in [3.05, 3.63) is 12.2 Å². The molecular formula is C9H13N5O4. The zero-order chi connectivity index (χ0) is 13.1. The summed E-state index contributed by atoms with van der Waals surface area (Å²) in [7, 11) is 0. The van der Waals surface area contributed by atoms with E-state index in [1.165, 1.54) is 4.90 Å². The van der Waals surface area contributed by atoms with Crippen molar-refractivity contribution in [3.8, 4) is 0 Å². The molecule has 98 valence electrons. The van der Waals surface area contributed by atoms with Crippen molar-refractivity contribution in [2.75, 3.05) is 13.2 Å². The molecule has 2 amide bonds. The number of urea groups is 1. The third-order valence-electron chi connectivity index (χ3n) is 2.70. The average molecular weight is 255 g/mol. The first kappa shape index (κ1) is 12.3. The average Bonchev–Trinajstić information content (AvgIpc) is 2.82. The predicted molar refractivity (Wildman–Crippen MR) is 57.5 cm³/mol. The smallest absolute Gasteiger partial charge is 0.328 e. The SMILES string of the molecule is O=C(O)[C@H](CO)NC(=O)N1CCn2cnnc2C1. The molecule has 0 aliphatic carbocycles. The lowest BCUT2D eigenvalue weighted by Gasteiger charge is -2.28. The second-order valence-electron chi connectivity index (χ2n) is 3.89. The first-order valence-corrected chi connectivity index (χ1v) is 5.37. The Labute approximate surface area is 102 Å². The third kappa shape index (κ3) is 2.40. The summed E-state index contributed by atoms with van der Waals surface area (Å²) in [4.78, 5) is 23.9. The van der Waals surface area contributed by atoms with Gasteiger partial charge in [0.25, 0.3) is 0 Å². The molecule has 3 N–H and O–H groups in total. The Hall–Kier alpha value is -2.16. The predicted octanol–water partition coefficient (Wildman–Crippen LogP) is -1.75. The van der Waals surface area contributed by atoms with Gasteiger partial charge in [0.2, 0.25) is 0 Å². The first-order chi connectivity index (χ1) is 8.61. The second kappa shape index (κ2) is 5.00. The third-order valence-corrected chi connectivity index (χ3v) is 2.70. The van der Waals surface area contributed by atoms with Gasteiger partial charge in [0.05, 0.1) is 13.2 Å². The van der Waals surface area contributed by atoms with Gasteiger partial charge >= 0.3 is 12.0 Å². The molecule has 9 heteroatoms. The maximum atomic E-state index is 11.8. The monoisotopic (exact) mass is 255 g/mol. The number of hydrogen-bond donors (Lipinski definition) is 3. The van der Waals surface area contributed by atoms with Gasteiger partial charge in [0.1, 0.15) is 6.33 Å². The summed E-state index contributed by atoms with van der Waals surface area (Å²) < 4.78 is 1.82. The van der Waals surface area contributed by atoms with Gasteiger partial charge in [-0.15, -0.1) is 10.2 Å². The van der Waals surface area contributed by atoms with Crippen LogP contribution in [0.3, 0.4) is 0 Å². The summed E-state index contributed by atoms with van der Waals surface area (Å²) in [6.45, 7) is 0.621. The van der Waals surface area contributed by atoms with Gasteiger partial charge in [-0.25, -0.2) is 9.59 Å². The number of carbonyl (C=O) groups is 2. The molecule has 2 rings (SSSR count). The van der Waals surface area contributed by atoms with Gasteiger partial charge in [-0.3, -0.25) is 0 Å². The molecular weight excluding hydrogens is 242 g/mol. The summed E-state index contributed by atoms with van der Waals surface area (Å²) in [5.74, 6) is -0.627. The molecule has 2 heterocycles. The van der Waals surface area contributed by atoms with E-state index in [0.717, 1.165) is 0 Å². The molecule has 9 nitrogen and oxygen atoms in total. The van der Waals surface area contributed by atoms with Crippen molar-refractivity contribution < 1.29 is 19.8 Å². The number of carbonyl (C=O) groups excluding carboxylic acids is 1. The van der Waals surface area contributed by atoms with E-state index >= 15 is 0 Å². The Morgan fingerprint density at radius 1 is 1.50 bits per heavy atom. The van der Waals surface area contributed by atoms with Crippen molar-refractivity contribution in [2.45, 2.75) is 19.1 Å². The summed E-state index contributed by atoms with van der Waals surface area (Å²) >= 11 is 0. The van der Waals surface area contributed by atoms with E-state index in [4.69, 9.17) is 10.2 Å². The van der Waals surface area contributed by atoms with Crippen LogP contribution >= 0.6 is 0 Å². The Morgan fingerprint density at radius 3 is 2.94 bits per heavy atom. The van der Waals surface area contributed by atoms with Crippen LogP contribution in [0.25, 0.3) is 0 Å². The largest absolute Gasteiger partial charge is 0.480 e. The van der Waals surface area contributed by atoms with Crippen LogP contribution in [0.5, 0.6) is 0 Å². The number of aliphatic hydroxyl groups excluding tert-OH is 1. The van der Waals surface area contributed by atoms with Gasteiger partial charge in [-0.2, -0.15) is 0 Å². The number of amides is 2. The number of nitrogens with one attached hydrogen (secondary N) is 1. The van der Waals surface area contributed by atoms with E-state index in [2.05, 4.69) is 15.5 Å². The van der Waals surface area contributed by atoms with Gasteiger partial charge in [0, 0.05) is 13.1 Å². The highest BCUT2D eigenvalue weighted by molar-refractivity contribution is 5.82. The van der Waals surface area contributed by atoms with Crippen LogP contribution in [0.4, 0.5) is 4.79 Å². The van der Waals surface area contributed by atoms with Crippen LogP contribution in [0.1, 0.15) is 5.82 Å². The molecule has 0 unspecified atom stereocenters. The van der Waals surface area contributed by atoms with E-state index in [9.17, 15) is 9.59 Å². The normalized spacial score (nSPS) is 15.9. The fraction of sp³-hybridized carbons (Fsp3) is 0.556. The molecule has 1 aliphatic heterocycles. The number of aromatic nitrogens is 3. The molecule has 0 aromatic carbocycles. The van der Waals surface area contributed by atoms with Crippen molar-refractivity contribution in [1.82, 2.24) is 25.0 Å². The topological polar surface area (TPSA) is 121 Å². The number of carboxylic acid groups (broad SMARTS) is 1.